The Morgan fingerprint density at radius 1 is 1.11 bits per heavy atom. The Morgan fingerprint density at radius 2 is 1.74 bits per heavy atom. The van der Waals surface area contributed by atoms with Crippen molar-refractivity contribution in [3.8, 4) is 0 Å². The van der Waals surface area contributed by atoms with Crippen molar-refractivity contribution in [3.05, 3.63) is 34.3 Å². The smallest absolute Gasteiger partial charge is 0.0594 e. The van der Waals surface area contributed by atoms with Crippen LogP contribution in [0.3, 0.4) is 0 Å². The molecule has 0 aromatic heterocycles. The number of nitrogens with one attached hydrogen (secondary N) is 1. The summed E-state index contributed by atoms with van der Waals surface area (Å²) in [6.45, 7) is 6.99. The van der Waals surface area contributed by atoms with Crippen molar-refractivity contribution < 1.29 is 29.6 Å². The van der Waals surface area contributed by atoms with Gasteiger partial charge in [0.1, 0.15) is 0 Å². The minimum Gasteiger partial charge on any atom is -1.00 e. The molecular weight excluding hydrogens is 351 g/mol. The van der Waals surface area contributed by atoms with Crippen molar-refractivity contribution in [2.45, 2.75) is 6.54 Å². The normalized spacial score (nSPS) is 15.4. The molecule has 2 rings (SSSR count). The summed E-state index contributed by atoms with van der Waals surface area (Å²) in [6, 6.07) is 8.45. The van der Waals surface area contributed by atoms with Crippen molar-refractivity contribution in [2.75, 3.05) is 39.4 Å². The summed E-state index contributed by atoms with van der Waals surface area (Å²) in [5.74, 6) is 0. The second-order valence-corrected chi connectivity index (χ2v) is 5.17. The maximum absolute atomic E-state index is 5.32. The van der Waals surface area contributed by atoms with Crippen molar-refractivity contribution in [2.24, 2.45) is 0 Å². The van der Waals surface area contributed by atoms with Gasteiger partial charge < -0.3 is 34.9 Å². The molecule has 1 fully saturated rings. The summed E-state index contributed by atoms with van der Waals surface area (Å²) >= 11 is 3.44. The van der Waals surface area contributed by atoms with Crippen LogP contribution in [0.15, 0.2) is 28.7 Å². The van der Waals surface area contributed by atoms with Crippen LogP contribution in [0.25, 0.3) is 0 Å². The van der Waals surface area contributed by atoms with E-state index in [1.54, 1.807) is 0 Å². The highest BCUT2D eigenvalue weighted by Crippen LogP contribution is 2.10. The summed E-state index contributed by atoms with van der Waals surface area (Å²) < 4.78 is 6.45. The van der Waals surface area contributed by atoms with E-state index < -0.39 is 0 Å². The van der Waals surface area contributed by atoms with Crippen LogP contribution in [0, 0.1) is 0 Å². The molecule has 1 aliphatic rings. The third kappa shape index (κ3) is 7.49. The molecule has 0 spiro atoms. The highest BCUT2D eigenvalue weighted by atomic mass is 79.9. The number of halogens is 3. The zero-order valence-electron chi connectivity index (χ0n) is 10.7. The van der Waals surface area contributed by atoms with Crippen LogP contribution in [-0.2, 0) is 11.3 Å². The monoisotopic (exact) mass is 368 g/mol. The molecule has 1 aromatic rings. The Bertz CT molecular complexity index is 332. The number of rotatable bonds is 5. The first kappa shape index (κ1) is 19.2. The summed E-state index contributed by atoms with van der Waals surface area (Å²) in [4.78, 5) is 2.44. The number of morpholine rings is 1. The molecule has 0 bridgehead atoms. The molecule has 0 radical (unpaired) electrons. The first-order valence-corrected chi connectivity index (χ1v) is 6.89. The predicted octanol–water partition coefficient (Wildman–Crippen LogP) is -4.12. The largest absolute Gasteiger partial charge is 1.00 e. The molecule has 0 unspecified atom stereocenters. The zero-order chi connectivity index (χ0) is 11.9. The molecule has 110 valence electrons. The van der Waals surface area contributed by atoms with E-state index in [1.807, 2.05) is 0 Å². The maximum atomic E-state index is 5.32. The molecule has 1 saturated heterocycles. The number of benzene rings is 1. The second kappa shape index (κ2) is 10.9. The highest BCUT2D eigenvalue weighted by molar-refractivity contribution is 9.10. The van der Waals surface area contributed by atoms with Gasteiger partial charge >= 0.3 is 0 Å². The van der Waals surface area contributed by atoms with Gasteiger partial charge in [0.05, 0.1) is 13.2 Å². The van der Waals surface area contributed by atoms with Gasteiger partial charge in [-0.25, -0.2) is 0 Å². The van der Waals surface area contributed by atoms with Gasteiger partial charge in [-0.1, -0.05) is 28.1 Å². The molecule has 19 heavy (non-hydrogen) atoms. The molecule has 1 N–H and O–H groups in total. The molecule has 0 saturated carbocycles. The van der Waals surface area contributed by atoms with Gasteiger partial charge in [0.2, 0.25) is 0 Å². The summed E-state index contributed by atoms with van der Waals surface area (Å²) in [5.41, 5.74) is 1.33. The van der Waals surface area contributed by atoms with Gasteiger partial charge in [-0.2, -0.15) is 0 Å². The molecule has 6 heteroatoms. The van der Waals surface area contributed by atoms with E-state index in [1.165, 1.54) is 5.56 Å². The van der Waals surface area contributed by atoms with Crippen LogP contribution >= 0.6 is 15.9 Å². The molecular formula is C13H19BrCl2N2O-2. The Kier molecular flexibility index (Phi) is 11.0. The number of ether oxygens (including phenoxy) is 1. The third-order valence-corrected chi connectivity index (χ3v) is 3.48. The molecule has 1 aromatic carbocycles. The third-order valence-electron chi connectivity index (χ3n) is 2.95. The van der Waals surface area contributed by atoms with Crippen molar-refractivity contribution in [3.63, 3.8) is 0 Å². The standard InChI is InChI=1S/C13H19BrN2O.2ClH/c14-13-3-1-12(2-4-13)11-15-5-6-16-7-9-17-10-8-16;;/h1-4,15H,5-11H2;2*1H/p-2. The van der Waals surface area contributed by atoms with E-state index in [9.17, 15) is 0 Å². The lowest BCUT2D eigenvalue weighted by Crippen LogP contribution is -3.00. The van der Waals surface area contributed by atoms with Crippen molar-refractivity contribution >= 4 is 15.9 Å². The van der Waals surface area contributed by atoms with Gasteiger partial charge in [-0.15, -0.1) is 0 Å². The summed E-state index contributed by atoms with van der Waals surface area (Å²) in [5, 5.41) is 3.47. The number of hydrogen-bond donors (Lipinski definition) is 1. The van der Waals surface area contributed by atoms with Gasteiger partial charge in [0.25, 0.3) is 0 Å². The Balaban J connectivity index is 0.00000162. The summed E-state index contributed by atoms with van der Waals surface area (Å²) in [6.07, 6.45) is 0. The average Bonchev–Trinajstić information content (AvgIpc) is 2.38. The maximum Gasteiger partial charge on any atom is 0.0594 e. The zero-order valence-corrected chi connectivity index (χ0v) is 13.8. The first-order valence-electron chi connectivity index (χ1n) is 6.10. The topological polar surface area (TPSA) is 24.5 Å². The molecule has 0 amide bonds. The minimum atomic E-state index is 0. The number of hydrogen-bond acceptors (Lipinski definition) is 3. The second-order valence-electron chi connectivity index (χ2n) is 4.26. The van der Waals surface area contributed by atoms with Crippen molar-refractivity contribution in [1.29, 1.82) is 0 Å². The Labute approximate surface area is 136 Å². The highest BCUT2D eigenvalue weighted by Gasteiger charge is 2.08. The van der Waals surface area contributed by atoms with Gasteiger partial charge in [0, 0.05) is 37.2 Å². The van der Waals surface area contributed by atoms with Crippen molar-refractivity contribution in [1.82, 2.24) is 10.2 Å². The molecule has 1 aliphatic heterocycles. The van der Waals surface area contributed by atoms with E-state index in [-0.39, 0.29) is 24.8 Å². The Morgan fingerprint density at radius 3 is 2.37 bits per heavy atom. The lowest BCUT2D eigenvalue weighted by Gasteiger charge is -2.26. The first-order chi connectivity index (χ1) is 8.34. The lowest BCUT2D eigenvalue weighted by molar-refractivity contribution is -0.00100. The number of nitrogens with zero attached hydrogens (tertiary/aromatic N) is 1. The minimum absolute atomic E-state index is 0. The Hall–Kier alpha value is 0.160. The van der Waals surface area contributed by atoms with E-state index in [0.717, 1.165) is 50.4 Å². The van der Waals surface area contributed by atoms with E-state index in [2.05, 4.69) is 50.4 Å². The lowest BCUT2D eigenvalue weighted by atomic mass is 10.2. The SMILES string of the molecule is Brc1ccc(CNCCN2CCOCC2)cc1.[Cl-].[Cl-]. The fourth-order valence-corrected chi connectivity index (χ4v) is 2.16. The quantitative estimate of drug-likeness (QED) is 0.534. The van der Waals surface area contributed by atoms with E-state index in [4.69, 9.17) is 4.74 Å². The average molecular weight is 370 g/mol. The fourth-order valence-electron chi connectivity index (χ4n) is 1.90. The molecule has 0 aliphatic carbocycles. The molecule has 1 heterocycles. The molecule has 0 atom stereocenters. The van der Waals surface area contributed by atoms with Crippen LogP contribution in [-0.4, -0.2) is 44.3 Å². The van der Waals surface area contributed by atoms with Crippen LogP contribution < -0.4 is 30.1 Å². The van der Waals surface area contributed by atoms with Crippen LogP contribution in [0.5, 0.6) is 0 Å². The van der Waals surface area contributed by atoms with Gasteiger partial charge in [0.15, 0.2) is 0 Å². The fraction of sp³-hybridized carbons (Fsp3) is 0.538. The van der Waals surface area contributed by atoms with Crippen LogP contribution in [0.1, 0.15) is 5.56 Å². The summed E-state index contributed by atoms with van der Waals surface area (Å²) in [7, 11) is 0. The van der Waals surface area contributed by atoms with Crippen LogP contribution in [0.4, 0.5) is 0 Å². The van der Waals surface area contributed by atoms with Crippen LogP contribution in [0.2, 0.25) is 0 Å². The molecule has 3 nitrogen and oxygen atoms in total. The van der Waals surface area contributed by atoms with Gasteiger partial charge in [-0.3, -0.25) is 4.90 Å². The van der Waals surface area contributed by atoms with E-state index in [0.29, 0.717) is 0 Å². The predicted molar refractivity (Wildman–Crippen MR) is 73.1 cm³/mol. The van der Waals surface area contributed by atoms with E-state index >= 15 is 0 Å². The van der Waals surface area contributed by atoms with Gasteiger partial charge in [-0.05, 0) is 17.7 Å².